The lowest BCUT2D eigenvalue weighted by atomic mass is 10.1. The highest BCUT2D eigenvalue weighted by Crippen LogP contribution is 2.20. The first-order chi connectivity index (χ1) is 8.53. The van der Waals surface area contributed by atoms with Gasteiger partial charge >= 0.3 is 0 Å². The molecule has 6 nitrogen and oxygen atoms in total. The summed E-state index contributed by atoms with van der Waals surface area (Å²) >= 11 is 0. The molecule has 1 aromatic heterocycles. The Hall–Kier alpha value is -2.02. The Morgan fingerprint density at radius 1 is 1.39 bits per heavy atom. The van der Waals surface area contributed by atoms with Crippen LogP contribution in [0.3, 0.4) is 0 Å². The van der Waals surface area contributed by atoms with Gasteiger partial charge in [0.15, 0.2) is 0 Å². The van der Waals surface area contributed by atoms with Crippen molar-refractivity contribution in [2.24, 2.45) is 0 Å². The highest BCUT2D eigenvalue weighted by molar-refractivity contribution is 7.92. The minimum absolute atomic E-state index is 0.131. The average molecular weight is 266 g/mol. The Balaban J connectivity index is 2.33. The highest BCUT2D eigenvalue weighted by Gasteiger charge is 2.15. The van der Waals surface area contributed by atoms with Crippen molar-refractivity contribution < 1.29 is 8.42 Å². The van der Waals surface area contributed by atoms with E-state index in [1.807, 2.05) is 6.92 Å². The van der Waals surface area contributed by atoms with E-state index in [0.29, 0.717) is 11.5 Å². The molecule has 0 spiro atoms. The number of anilines is 2. The Labute approximate surface area is 105 Å². The number of nitrogen functional groups attached to an aromatic ring is 1. The molecule has 4 N–H and O–H groups in total. The molecule has 0 atom stereocenters. The van der Waals surface area contributed by atoms with E-state index in [-0.39, 0.29) is 4.90 Å². The maximum absolute atomic E-state index is 12.0. The molecule has 18 heavy (non-hydrogen) atoms. The summed E-state index contributed by atoms with van der Waals surface area (Å²) in [4.78, 5) is 0.131. The van der Waals surface area contributed by atoms with Crippen molar-refractivity contribution in [2.75, 3.05) is 10.5 Å². The third-order valence-corrected chi connectivity index (χ3v) is 3.92. The van der Waals surface area contributed by atoms with E-state index in [0.717, 1.165) is 12.0 Å². The molecule has 2 rings (SSSR count). The number of aryl methyl sites for hydroxylation is 1. The lowest BCUT2D eigenvalue weighted by Gasteiger charge is -2.08. The van der Waals surface area contributed by atoms with Crippen LogP contribution in [0.15, 0.2) is 35.4 Å². The lowest BCUT2D eigenvalue weighted by molar-refractivity contribution is 0.601. The lowest BCUT2D eigenvalue weighted by Crippen LogP contribution is -2.13. The van der Waals surface area contributed by atoms with Crippen LogP contribution in [0.5, 0.6) is 0 Å². The van der Waals surface area contributed by atoms with Crippen LogP contribution >= 0.6 is 0 Å². The van der Waals surface area contributed by atoms with Gasteiger partial charge in [-0.05, 0) is 24.1 Å². The van der Waals surface area contributed by atoms with E-state index in [1.54, 1.807) is 6.07 Å². The smallest absolute Gasteiger partial charge is 0.263 e. The molecule has 0 fully saturated rings. The fourth-order valence-corrected chi connectivity index (χ4v) is 2.63. The van der Waals surface area contributed by atoms with Gasteiger partial charge in [-0.1, -0.05) is 13.0 Å². The minimum atomic E-state index is -3.63. The third-order valence-electron chi connectivity index (χ3n) is 2.55. The summed E-state index contributed by atoms with van der Waals surface area (Å²) in [6.45, 7) is 1.96. The standard InChI is InChI=1S/C11H14N4O2S/c1-2-8-3-4-9(7-10(8)12)18(16,17)15-11-5-6-13-14-11/h3-7H,2,12H2,1H3,(H2,13,14,15). The predicted octanol–water partition coefficient (Wildman–Crippen LogP) is 1.36. The predicted molar refractivity (Wildman–Crippen MR) is 69.6 cm³/mol. The zero-order valence-electron chi connectivity index (χ0n) is 9.84. The number of aromatic amines is 1. The first kappa shape index (κ1) is 12.4. The van der Waals surface area contributed by atoms with Gasteiger partial charge in [0.25, 0.3) is 10.0 Å². The summed E-state index contributed by atoms with van der Waals surface area (Å²) < 4.78 is 26.5. The van der Waals surface area contributed by atoms with Gasteiger partial charge in [0.05, 0.1) is 11.1 Å². The molecule has 0 saturated carbocycles. The molecule has 0 unspecified atom stereocenters. The van der Waals surface area contributed by atoms with Crippen LogP contribution in [0.1, 0.15) is 12.5 Å². The van der Waals surface area contributed by atoms with Crippen LogP contribution in [0.4, 0.5) is 11.5 Å². The number of nitrogens with one attached hydrogen (secondary N) is 2. The molecule has 0 saturated heterocycles. The van der Waals surface area contributed by atoms with E-state index < -0.39 is 10.0 Å². The summed E-state index contributed by atoms with van der Waals surface area (Å²) in [5.41, 5.74) is 7.19. The number of benzene rings is 1. The van der Waals surface area contributed by atoms with E-state index in [4.69, 9.17) is 5.73 Å². The molecule has 2 aromatic rings. The van der Waals surface area contributed by atoms with Gasteiger partial charge < -0.3 is 5.73 Å². The fourth-order valence-electron chi connectivity index (χ4n) is 1.58. The van der Waals surface area contributed by atoms with E-state index in [9.17, 15) is 8.42 Å². The summed E-state index contributed by atoms with van der Waals surface area (Å²) in [5.74, 6) is 0.313. The highest BCUT2D eigenvalue weighted by atomic mass is 32.2. The molecule has 7 heteroatoms. The van der Waals surface area contributed by atoms with E-state index in [2.05, 4.69) is 14.9 Å². The summed E-state index contributed by atoms with van der Waals surface area (Å²) in [6, 6.07) is 6.24. The van der Waals surface area contributed by atoms with Crippen molar-refractivity contribution in [1.29, 1.82) is 0 Å². The molecule has 1 aromatic carbocycles. The minimum Gasteiger partial charge on any atom is -0.398 e. The normalized spacial score (nSPS) is 11.4. The molecule has 1 heterocycles. The Morgan fingerprint density at radius 3 is 2.72 bits per heavy atom. The van der Waals surface area contributed by atoms with Crippen molar-refractivity contribution in [3.63, 3.8) is 0 Å². The van der Waals surface area contributed by atoms with Gasteiger partial charge in [0.2, 0.25) is 0 Å². The monoisotopic (exact) mass is 266 g/mol. The maximum Gasteiger partial charge on any atom is 0.263 e. The molecule has 0 radical (unpaired) electrons. The number of hydrogen-bond donors (Lipinski definition) is 3. The Kier molecular flexibility index (Phi) is 3.24. The van der Waals surface area contributed by atoms with Crippen molar-refractivity contribution in [2.45, 2.75) is 18.2 Å². The van der Waals surface area contributed by atoms with Gasteiger partial charge in [0, 0.05) is 11.8 Å². The molecule has 0 aliphatic rings. The van der Waals surface area contributed by atoms with Crippen molar-refractivity contribution >= 4 is 21.5 Å². The van der Waals surface area contributed by atoms with E-state index in [1.165, 1.54) is 24.4 Å². The number of sulfonamides is 1. The first-order valence-electron chi connectivity index (χ1n) is 5.43. The topological polar surface area (TPSA) is 101 Å². The number of nitrogens with two attached hydrogens (primary N) is 1. The molecule has 0 amide bonds. The molecule has 96 valence electrons. The molecule has 0 aliphatic heterocycles. The SMILES string of the molecule is CCc1ccc(S(=O)(=O)Nc2ccn[nH]2)cc1N. The number of aromatic nitrogens is 2. The fraction of sp³-hybridized carbons (Fsp3) is 0.182. The van der Waals surface area contributed by atoms with Crippen LogP contribution in [-0.2, 0) is 16.4 Å². The number of nitrogens with zero attached hydrogens (tertiary/aromatic N) is 1. The second-order valence-electron chi connectivity index (χ2n) is 3.79. The van der Waals surface area contributed by atoms with Crippen LogP contribution in [0, 0.1) is 0 Å². The number of hydrogen-bond acceptors (Lipinski definition) is 4. The van der Waals surface area contributed by atoms with E-state index >= 15 is 0 Å². The summed E-state index contributed by atoms with van der Waals surface area (Å²) in [7, 11) is -3.63. The van der Waals surface area contributed by atoms with Gasteiger partial charge in [-0.3, -0.25) is 9.82 Å². The van der Waals surface area contributed by atoms with Gasteiger partial charge in [-0.2, -0.15) is 5.10 Å². The van der Waals surface area contributed by atoms with Crippen LogP contribution in [0.2, 0.25) is 0 Å². The Morgan fingerprint density at radius 2 is 2.17 bits per heavy atom. The zero-order valence-corrected chi connectivity index (χ0v) is 10.7. The molecular weight excluding hydrogens is 252 g/mol. The largest absolute Gasteiger partial charge is 0.398 e. The third kappa shape index (κ3) is 2.45. The number of rotatable bonds is 4. The molecular formula is C11H14N4O2S. The molecule has 0 bridgehead atoms. The van der Waals surface area contributed by atoms with Gasteiger partial charge in [-0.25, -0.2) is 8.42 Å². The Bertz CT molecular complexity index is 635. The van der Waals surface area contributed by atoms with Gasteiger partial charge in [-0.15, -0.1) is 0 Å². The maximum atomic E-state index is 12.0. The molecule has 0 aliphatic carbocycles. The first-order valence-corrected chi connectivity index (χ1v) is 6.92. The average Bonchev–Trinajstić information content (AvgIpc) is 2.81. The van der Waals surface area contributed by atoms with Crippen molar-refractivity contribution in [3.05, 3.63) is 36.0 Å². The second-order valence-corrected chi connectivity index (χ2v) is 5.47. The van der Waals surface area contributed by atoms with Gasteiger partial charge in [0.1, 0.15) is 5.82 Å². The number of H-pyrrole nitrogens is 1. The van der Waals surface area contributed by atoms with Crippen LogP contribution < -0.4 is 10.5 Å². The van der Waals surface area contributed by atoms with Crippen molar-refractivity contribution in [3.8, 4) is 0 Å². The quantitative estimate of drug-likeness (QED) is 0.727. The van der Waals surface area contributed by atoms with Crippen molar-refractivity contribution in [1.82, 2.24) is 10.2 Å². The second kappa shape index (κ2) is 4.69. The zero-order chi connectivity index (χ0) is 13.2. The summed E-state index contributed by atoms with van der Waals surface area (Å²) in [5, 5.41) is 6.20. The van der Waals surface area contributed by atoms with Crippen LogP contribution in [0.25, 0.3) is 0 Å². The summed E-state index contributed by atoms with van der Waals surface area (Å²) in [6.07, 6.45) is 2.23. The van der Waals surface area contributed by atoms with Crippen LogP contribution in [-0.4, -0.2) is 18.6 Å².